The van der Waals surface area contributed by atoms with Crippen LogP contribution in [0.1, 0.15) is 23.4 Å². The number of hydrogen-bond donors (Lipinski definition) is 1. The van der Waals surface area contributed by atoms with Gasteiger partial charge in [-0.2, -0.15) is 13.2 Å². The Kier molecular flexibility index (Phi) is 5.64. The van der Waals surface area contributed by atoms with E-state index in [2.05, 4.69) is 9.88 Å². The van der Waals surface area contributed by atoms with Crippen molar-refractivity contribution < 1.29 is 22.3 Å². The van der Waals surface area contributed by atoms with Gasteiger partial charge in [-0.3, -0.25) is 4.90 Å². The topological polar surface area (TPSA) is 64.5 Å². The molecule has 0 amide bonds. The number of aryl methyl sites for hydroxylation is 1. The molecule has 0 unspecified atom stereocenters. The van der Waals surface area contributed by atoms with E-state index in [0.29, 0.717) is 31.0 Å². The maximum atomic E-state index is 12.9. The predicted octanol–water partition coefficient (Wildman–Crippen LogP) is 3.22. The van der Waals surface area contributed by atoms with E-state index < -0.39 is 11.7 Å². The second kappa shape index (κ2) is 7.77. The number of hydrogen-bond acceptors (Lipinski definition) is 5. The number of morpholine rings is 1. The summed E-state index contributed by atoms with van der Waals surface area (Å²) in [5, 5.41) is 0. The molecule has 0 aliphatic carbocycles. The van der Waals surface area contributed by atoms with Gasteiger partial charge in [0.05, 0.1) is 24.0 Å². The molecule has 0 spiro atoms. The van der Waals surface area contributed by atoms with Crippen LogP contribution in [-0.2, 0) is 17.5 Å². The first-order valence-electron chi connectivity index (χ1n) is 8.55. The van der Waals surface area contributed by atoms with Crippen LogP contribution in [-0.4, -0.2) is 42.2 Å². The molecule has 26 heavy (non-hydrogen) atoms. The van der Waals surface area contributed by atoms with E-state index in [1.54, 1.807) is 13.0 Å². The highest BCUT2D eigenvalue weighted by Gasteiger charge is 2.31. The van der Waals surface area contributed by atoms with Crippen LogP contribution >= 0.6 is 0 Å². The minimum absolute atomic E-state index is 0.101. The van der Waals surface area contributed by atoms with Gasteiger partial charge in [0.25, 0.3) is 0 Å². The van der Waals surface area contributed by atoms with Crippen molar-refractivity contribution in [2.24, 2.45) is 5.73 Å². The van der Waals surface area contributed by atoms with Crippen LogP contribution in [0.2, 0.25) is 0 Å². The lowest BCUT2D eigenvalue weighted by Crippen LogP contribution is -2.42. The quantitative estimate of drug-likeness (QED) is 0.877. The number of nitrogens with zero attached hydrogens (tertiary/aromatic N) is 2. The Morgan fingerprint density at radius 2 is 2.15 bits per heavy atom. The largest absolute Gasteiger partial charge is 0.441 e. The third-order valence-electron chi connectivity index (χ3n) is 4.41. The lowest BCUT2D eigenvalue weighted by Gasteiger charge is -2.32. The molecule has 1 saturated heterocycles. The van der Waals surface area contributed by atoms with Gasteiger partial charge in [0.15, 0.2) is 0 Å². The number of halogens is 3. The molecule has 0 saturated carbocycles. The number of rotatable bonds is 5. The molecule has 1 aliphatic rings. The molecule has 1 aliphatic heterocycles. The standard InChI is InChI=1S/C18H22F3N3O2/c1-12-16(11-24-7-8-25-15(10-24)5-6-22)23-17(26-12)13-3-2-4-14(9-13)18(19,20)21/h2-4,9,15H,5-8,10-11,22H2,1H3/t15-/m0/s1. The fraction of sp³-hybridized carbons (Fsp3) is 0.500. The highest BCUT2D eigenvalue weighted by Crippen LogP contribution is 2.32. The number of oxazole rings is 1. The van der Waals surface area contributed by atoms with Crippen LogP contribution in [0.15, 0.2) is 28.7 Å². The second-order valence-corrected chi connectivity index (χ2v) is 6.41. The number of nitrogens with two attached hydrogens (primary N) is 1. The molecule has 5 nitrogen and oxygen atoms in total. The Hall–Kier alpha value is -1.90. The van der Waals surface area contributed by atoms with Gasteiger partial charge in [-0.05, 0) is 38.1 Å². The fourth-order valence-electron chi connectivity index (χ4n) is 3.02. The van der Waals surface area contributed by atoms with E-state index in [-0.39, 0.29) is 12.0 Å². The summed E-state index contributed by atoms with van der Waals surface area (Å²) in [6.07, 6.45) is -3.50. The van der Waals surface area contributed by atoms with Gasteiger partial charge in [0.2, 0.25) is 5.89 Å². The van der Waals surface area contributed by atoms with Crippen molar-refractivity contribution in [3.63, 3.8) is 0 Å². The van der Waals surface area contributed by atoms with Gasteiger partial charge < -0.3 is 14.9 Å². The summed E-state index contributed by atoms with van der Waals surface area (Å²) < 4.78 is 50.0. The first kappa shape index (κ1) is 18.9. The molecule has 0 radical (unpaired) electrons. The van der Waals surface area contributed by atoms with E-state index in [4.69, 9.17) is 14.9 Å². The van der Waals surface area contributed by atoms with Crippen LogP contribution in [0.4, 0.5) is 13.2 Å². The maximum Gasteiger partial charge on any atom is 0.416 e. The molecule has 2 heterocycles. The molecule has 0 bridgehead atoms. The van der Waals surface area contributed by atoms with Gasteiger partial charge in [-0.15, -0.1) is 0 Å². The van der Waals surface area contributed by atoms with Crippen molar-refractivity contribution in [2.75, 3.05) is 26.2 Å². The summed E-state index contributed by atoms with van der Waals surface area (Å²) in [6, 6.07) is 5.01. The Labute approximate surface area is 149 Å². The zero-order valence-corrected chi connectivity index (χ0v) is 14.6. The molecular formula is C18H22F3N3O2. The minimum atomic E-state index is -4.40. The zero-order chi connectivity index (χ0) is 18.7. The molecule has 2 aromatic rings. The van der Waals surface area contributed by atoms with Crippen molar-refractivity contribution >= 4 is 0 Å². The molecule has 1 aromatic carbocycles. The van der Waals surface area contributed by atoms with Gasteiger partial charge >= 0.3 is 6.18 Å². The third kappa shape index (κ3) is 4.44. The molecule has 1 aromatic heterocycles. The Morgan fingerprint density at radius 3 is 2.88 bits per heavy atom. The first-order valence-corrected chi connectivity index (χ1v) is 8.55. The number of ether oxygens (including phenoxy) is 1. The van der Waals surface area contributed by atoms with E-state index in [9.17, 15) is 13.2 Å². The van der Waals surface area contributed by atoms with E-state index in [0.717, 1.165) is 37.3 Å². The molecule has 8 heteroatoms. The van der Waals surface area contributed by atoms with Gasteiger partial charge in [-0.25, -0.2) is 4.98 Å². The average molecular weight is 369 g/mol. The summed E-state index contributed by atoms with van der Waals surface area (Å²) in [6.45, 7) is 5.06. The molecule has 1 fully saturated rings. The summed E-state index contributed by atoms with van der Waals surface area (Å²) in [5.74, 6) is 0.814. The summed E-state index contributed by atoms with van der Waals surface area (Å²) >= 11 is 0. The Morgan fingerprint density at radius 1 is 1.35 bits per heavy atom. The molecular weight excluding hydrogens is 347 g/mol. The number of benzene rings is 1. The van der Waals surface area contributed by atoms with E-state index >= 15 is 0 Å². The smallest absolute Gasteiger partial charge is 0.416 e. The van der Waals surface area contributed by atoms with Crippen LogP contribution < -0.4 is 5.73 Å². The van der Waals surface area contributed by atoms with Crippen LogP contribution in [0, 0.1) is 6.92 Å². The van der Waals surface area contributed by atoms with Gasteiger partial charge in [0.1, 0.15) is 5.76 Å². The monoisotopic (exact) mass is 369 g/mol. The van der Waals surface area contributed by atoms with E-state index in [1.165, 1.54) is 6.07 Å². The lowest BCUT2D eigenvalue weighted by molar-refractivity contribution is -0.137. The minimum Gasteiger partial charge on any atom is -0.441 e. The van der Waals surface area contributed by atoms with Crippen molar-refractivity contribution in [2.45, 2.75) is 32.2 Å². The van der Waals surface area contributed by atoms with Crippen LogP contribution in [0.25, 0.3) is 11.5 Å². The lowest BCUT2D eigenvalue weighted by atomic mass is 10.1. The van der Waals surface area contributed by atoms with Crippen LogP contribution in [0.5, 0.6) is 0 Å². The Balaban J connectivity index is 1.75. The molecule has 3 rings (SSSR count). The summed E-state index contributed by atoms with van der Waals surface area (Å²) in [5.41, 5.74) is 5.91. The molecule has 2 N–H and O–H groups in total. The summed E-state index contributed by atoms with van der Waals surface area (Å²) in [7, 11) is 0. The molecule has 1 atom stereocenters. The highest BCUT2D eigenvalue weighted by atomic mass is 19.4. The summed E-state index contributed by atoms with van der Waals surface area (Å²) in [4.78, 5) is 6.63. The van der Waals surface area contributed by atoms with E-state index in [1.807, 2.05) is 0 Å². The second-order valence-electron chi connectivity index (χ2n) is 6.41. The fourth-order valence-corrected chi connectivity index (χ4v) is 3.02. The third-order valence-corrected chi connectivity index (χ3v) is 4.41. The normalized spacial score (nSPS) is 19.0. The number of alkyl halides is 3. The first-order chi connectivity index (χ1) is 12.4. The van der Waals surface area contributed by atoms with Crippen molar-refractivity contribution in [1.29, 1.82) is 0 Å². The van der Waals surface area contributed by atoms with Crippen molar-refractivity contribution in [3.8, 4) is 11.5 Å². The maximum absolute atomic E-state index is 12.9. The van der Waals surface area contributed by atoms with Crippen molar-refractivity contribution in [3.05, 3.63) is 41.3 Å². The van der Waals surface area contributed by atoms with Gasteiger partial charge in [0, 0.05) is 25.2 Å². The molecule has 142 valence electrons. The van der Waals surface area contributed by atoms with Crippen molar-refractivity contribution in [1.82, 2.24) is 9.88 Å². The SMILES string of the molecule is Cc1oc(-c2cccc(C(F)(F)F)c2)nc1CN1CCO[C@@H](CCN)C1. The Bertz CT molecular complexity index is 744. The average Bonchev–Trinajstić information content (AvgIpc) is 2.96. The predicted molar refractivity (Wildman–Crippen MR) is 90.4 cm³/mol. The van der Waals surface area contributed by atoms with Crippen LogP contribution in [0.3, 0.4) is 0 Å². The number of aromatic nitrogens is 1. The van der Waals surface area contributed by atoms with Gasteiger partial charge in [-0.1, -0.05) is 6.07 Å². The highest BCUT2D eigenvalue weighted by molar-refractivity contribution is 5.55. The zero-order valence-electron chi connectivity index (χ0n) is 14.6.